The van der Waals surface area contributed by atoms with Gasteiger partial charge < -0.3 is 5.73 Å². The number of thiazole rings is 1. The fourth-order valence-electron chi connectivity index (χ4n) is 1.87. The highest BCUT2D eigenvalue weighted by molar-refractivity contribution is 7.09. The second-order valence-electron chi connectivity index (χ2n) is 3.55. The van der Waals surface area contributed by atoms with Crippen LogP contribution in [0.1, 0.15) is 37.1 Å². The van der Waals surface area contributed by atoms with Gasteiger partial charge in [0.2, 0.25) is 0 Å². The lowest BCUT2D eigenvalue weighted by Crippen LogP contribution is -2.38. The molecular formula is C9H16Cl2N2S. The van der Waals surface area contributed by atoms with E-state index in [9.17, 15) is 0 Å². The van der Waals surface area contributed by atoms with Crippen molar-refractivity contribution in [1.29, 1.82) is 0 Å². The van der Waals surface area contributed by atoms with Crippen LogP contribution in [-0.2, 0) is 5.54 Å². The molecule has 1 aliphatic carbocycles. The minimum absolute atomic E-state index is 0. The smallest absolute Gasteiger partial charge is 0.112 e. The highest BCUT2D eigenvalue weighted by atomic mass is 35.5. The largest absolute Gasteiger partial charge is 0.319 e. The Morgan fingerprint density at radius 2 is 1.86 bits per heavy atom. The first-order valence-electron chi connectivity index (χ1n) is 4.50. The van der Waals surface area contributed by atoms with Crippen molar-refractivity contribution >= 4 is 36.2 Å². The Morgan fingerprint density at radius 1 is 1.21 bits per heavy atom. The maximum Gasteiger partial charge on any atom is 0.112 e. The Balaban J connectivity index is 0.000000845. The van der Waals surface area contributed by atoms with Crippen LogP contribution in [0.25, 0.3) is 0 Å². The Labute approximate surface area is 101 Å². The van der Waals surface area contributed by atoms with Crippen LogP contribution < -0.4 is 5.73 Å². The lowest BCUT2D eigenvalue weighted by molar-refractivity contribution is 0.301. The zero-order valence-electron chi connectivity index (χ0n) is 7.94. The van der Waals surface area contributed by atoms with Crippen LogP contribution in [0.3, 0.4) is 0 Å². The molecule has 0 amide bonds. The lowest BCUT2D eigenvalue weighted by Gasteiger charge is -2.31. The first kappa shape index (κ1) is 14.2. The van der Waals surface area contributed by atoms with E-state index >= 15 is 0 Å². The number of hydrogen-bond acceptors (Lipinski definition) is 3. The molecule has 1 saturated carbocycles. The summed E-state index contributed by atoms with van der Waals surface area (Å²) in [5.41, 5.74) is 6.18. The van der Waals surface area contributed by atoms with E-state index in [4.69, 9.17) is 5.73 Å². The molecule has 14 heavy (non-hydrogen) atoms. The van der Waals surface area contributed by atoms with Crippen molar-refractivity contribution in [1.82, 2.24) is 4.98 Å². The predicted molar refractivity (Wildman–Crippen MR) is 65.6 cm³/mol. The highest BCUT2D eigenvalue weighted by Crippen LogP contribution is 2.35. The molecule has 0 atom stereocenters. The van der Waals surface area contributed by atoms with Crippen LogP contribution in [0.15, 0.2) is 11.6 Å². The van der Waals surface area contributed by atoms with Crippen LogP contribution >= 0.6 is 36.2 Å². The van der Waals surface area contributed by atoms with Gasteiger partial charge >= 0.3 is 0 Å². The molecule has 1 heterocycles. The molecule has 0 bridgehead atoms. The fourth-order valence-corrected chi connectivity index (χ4v) is 2.68. The molecule has 0 aromatic carbocycles. The standard InChI is InChI=1S/C9H14N2S.2ClH/c10-9(4-2-1-3-5-9)8-11-6-7-12-8;;/h6-7H,1-5,10H2;2*1H. The molecule has 2 N–H and O–H groups in total. The van der Waals surface area contributed by atoms with Crippen LogP contribution in [0.2, 0.25) is 0 Å². The van der Waals surface area contributed by atoms with E-state index in [1.807, 2.05) is 11.6 Å². The van der Waals surface area contributed by atoms with Gasteiger partial charge in [0.15, 0.2) is 0 Å². The van der Waals surface area contributed by atoms with Crippen LogP contribution in [0.5, 0.6) is 0 Å². The summed E-state index contributed by atoms with van der Waals surface area (Å²) in [5, 5.41) is 3.14. The fraction of sp³-hybridized carbons (Fsp3) is 0.667. The number of nitrogens with two attached hydrogens (primary N) is 1. The van der Waals surface area contributed by atoms with Crippen LogP contribution in [-0.4, -0.2) is 4.98 Å². The van der Waals surface area contributed by atoms with E-state index in [-0.39, 0.29) is 30.4 Å². The Morgan fingerprint density at radius 3 is 2.36 bits per heavy atom. The van der Waals surface area contributed by atoms with Crippen molar-refractivity contribution < 1.29 is 0 Å². The van der Waals surface area contributed by atoms with Crippen molar-refractivity contribution in [3.05, 3.63) is 16.6 Å². The zero-order chi connectivity index (χ0) is 8.44. The maximum absolute atomic E-state index is 6.27. The lowest BCUT2D eigenvalue weighted by atomic mass is 9.83. The van der Waals surface area contributed by atoms with Gasteiger partial charge in [0.25, 0.3) is 0 Å². The molecule has 0 unspecified atom stereocenters. The van der Waals surface area contributed by atoms with Gasteiger partial charge in [-0.2, -0.15) is 0 Å². The number of aromatic nitrogens is 1. The van der Waals surface area contributed by atoms with Gasteiger partial charge in [-0.25, -0.2) is 4.98 Å². The van der Waals surface area contributed by atoms with Gasteiger partial charge in [0.05, 0.1) is 5.54 Å². The van der Waals surface area contributed by atoms with Gasteiger partial charge in [-0.05, 0) is 12.8 Å². The third-order valence-electron chi connectivity index (χ3n) is 2.60. The molecule has 0 saturated heterocycles. The quantitative estimate of drug-likeness (QED) is 0.837. The SMILES string of the molecule is Cl.Cl.NC1(c2nccs2)CCCCC1. The minimum Gasteiger partial charge on any atom is -0.319 e. The van der Waals surface area contributed by atoms with Crippen molar-refractivity contribution in [3.63, 3.8) is 0 Å². The monoisotopic (exact) mass is 254 g/mol. The van der Waals surface area contributed by atoms with Gasteiger partial charge in [-0.3, -0.25) is 0 Å². The molecule has 0 radical (unpaired) electrons. The first-order chi connectivity index (χ1) is 5.81. The molecule has 0 aliphatic heterocycles. The average Bonchev–Trinajstić information content (AvgIpc) is 2.58. The Kier molecular flexibility index (Phi) is 5.98. The van der Waals surface area contributed by atoms with Gasteiger partial charge in [0.1, 0.15) is 5.01 Å². The summed E-state index contributed by atoms with van der Waals surface area (Å²) in [5.74, 6) is 0. The van der Waals surface area contributed by atoms with Gasteiger partial charge in [0, 0.05) is 11.6 Å². The Bertz CT molecular complexity index is 245. The molecule has 2 rings (SSSR count). The predicted octanol–water partition coefficient (Wildman–Crippen LogP) is 3.10. The minimum atomic E-state index is -0.0909. The topological polar surface area (TPSA) is 38.9 Å². The summed E-state index contributed by atoms with van der Waals surface area (Å²) < 4.78 is 0. The summed E-state index contributed by atoms with van der Waals surface area (Å²) in [6.07, 6.45) is 7.93. The Hall–Kier alpha value is 0.170. The van der Waals surface area contributed by atoms with Crippen molar-refractivity contribution in [2.45, 2.75) is 37.6 Å². The first-order valence-corrected chi connectivity index (χ1v) is 5.38. The van der Waals surface area contributed by atoms with E-state index in [0.717, 1.165) is 17.8 Å². The van der Waals surface area contributed by atoms with E-state index in [0.29, 0.717) is 0 Å². The zero-order valence-corrected chi connectivity index (χ0v) is 10.4. The second-order valence-corrected chi connectivity index (χ2v) is 4.45. The summed E-state index contributed by atoms with van der Waals surface area (Å²) in [7, 11) is 0. The summed E-state index contributed by atoms with van der Waals surface area (Å²) in [4.78, 5) is 4.31. The molecule has 5 heteroatoms. The molecular weight excluding hydrogens is 239 g/mol. The van der Waals surface area contributed by atoms with Crippen molar-refractivity contribution in [2.75, 3.05) is 0 Å². The second kappa shape index (κ2) is 5.91. The van der Waals surface area contributed by atoms with Crippen molar-refractivity contribution in [3.8, 4) is 0 Å². The molecule has 1 aromatic heterocycles. The average molecular weight is 255 g/mol. The third-order valence-corrected chi connectivity index (χ3v) is 3.60. The molecule has 1 aromatic rings. The number of rotatable bonds is 1. The molecule has 2 nitrogen and oxygen atoms in total. The van der Waals surface area contributed by atoms with E-state index in [1.165, 1.54) is 19.3 Å². The molecule has 1 fully saturated rings. The van der Waals surface area contributed by atoms with E-state index in [1.54, 1.807) is 11.3 Å². The normalized spacial score (nSPS) is 19.2. The molecule has 1 aliphatic rings. The van der Waals surface area contributed by atoms with E-state index in [2.05, 4.69) is 4.98 Å². The maximum atomic E-state index is 6.27. The number of halogens is 2. The molecule has 0 spiro atoms. The van der Waals surface area contributed by atoms with Crippen molar-refractivity contribution in [2.24, 2.45) is 5.73 Å². The van der Waals surface area contributed by atoms with Gasteiger partial charge in [-0.1, -0.05) is 19.3 Å². The third kappa shape index (κ3) is 2.83. The summed E-state index contributed by atoms with van der Waals surface area (Å²) in [6.45, 7) is 0. The highest BCUT2D eigenvalue weighted by Gasteiger charge is 2.31. The van der Waals surface area contributed by atoms with Crippen LogP contribution in [0, 0.1) is 0 Å². The van der Waals surface area contributed by atoms with Gasteiger partial charge in [-0.15, -0.1) is 36.2 Å². The summed E-state index contributed by atoms with van der Waals surface area (Å²) in [6, 6.07) is 0. The van der Waals surface area contributed by atoms with Crippen LogP contribution in [0.4, 0.5) is 0 Å². The number of hydrogen-bond donors (Lipinski definition) is 1. The molecule has 82 valence electrons. The number of nitrogens with zero attached hydrogens (tertiary/aromatic N) is 1. The summed E-state index contributed by atoms with van der Waals surface area (Å²) >= 11 is 1.69. The van der Waals surface area contributed by atoms with E-state index < -0.39 is 0 Å².